The quantitative estimate of drug-likeness (QED) is 0.615. The monoisotopic (exact) mass is 286 g/mol. The summed E-state index contributed by atoms with van der Waals surface area (Å²) in [5, 5.41) is 0. The van der Waals surface area contributed by atoms with Crippen LogP contribution in [0.3, 0.4) is 0 Å². The molecule has 0 bridgehead atoms. The van der Waals surface area contributed by atoms with Crippen molar-refractivity contribution in [1.29, 1.82) is 0 Å². The van der Waals surface area contributed by atoms with Crippen LogP contribution in [-0.4, -0.2) is 55.9 Å². The van der Waals surface area contributed by atoms with Gasteiger partial charge in [0, 0.05) is 26.2 Å². The van der Waals surface area contributed by atoms with Gasteiger partial charge in [0.05, 0.1) is 13.2 Å². The Morgan fingerprint density at radius 1 is 1.45 bits per heavy atom. The maximum atomic E-state index is 11.8. The van der Waals surface area contributed by atoms with Gasteiger partial charge in [-0.05, 0) is 46.0 Å². The molecule has 0 aliphatic heterocycles. The molecule has 0 amide bonds. The highest BCUT2D eigenvalue weighted by molar-refractivity contribution is 5.79. The van der Waals surface area contributed by atoms with Crippen molar-refractivity contribution in [2.75, 3.05) is 33.4 Å². The van der Waals surface area contributed by atoms with Gasteiger partial charge in [-0.15, -0.1) is 0 Å². The fourth-order valence-corrected chi connectivity index (χ4v) is 2.38. The number of hydrogen-bond acceptors (Lipinski definition) is 5. The van der Waals surface area contributed by atoms with Crippen molar-refractivity contribution in [3.05, 3.63) is 0 Å². The Morgan fingerprint density at radius 2 is 2.10 bits per heavy atom. The summed E-state index contributed by atoms with van der Waals surface area (Å²) in [5.41, 5.74) is 5.17. The molecule has 0 radical (unpaired) electrons. The van der Waals surface area contributed by atoms with Crippen LogP contribution in [0.1, 0.15) is 40.0 Å². The lowest BCUT2D eigenvalue weighted by atomic mass is 9.98. The number of nitrogens with two attached hydrogens (primary N) is 1. The van der Waals surface area contributed by atoms with Gasteiger partial charge in [-0.2, -0.15) is 0 Å². The van der Waals surface area contributed by atoms with Crippen molar-refractivity contribution in [3.8, 4) is 0 Å². The number of methoxy groups -OCH3 is 1. The number of carbonyl (C=O) groups excluding carboxylic acids is 1. The summed E-state index contributed by atoms with van der Waals surface area (Å²) in [6, 6.07) is 0.531. The van der Waals surface area contributed by atoms with Crippen molar-refractivity contribution in [2.24, 2.45) is 11.7 Å². The van der Waals surface area contributed by atoms with E-state index in [1.54, 1.807) is 21.0 Å². The van der Waals surface area contributed by atoms with Gasteiger partial charge in [0.1, 0.15) is 5.54 Å². The summed E-state index contributed by atoms with van der Waals surface area (Å²) >= 11 is 0. The van der Waals surface area contributed by atoms with Crippen LogP contribution in [-0.2, 0) is 14.3 Å². The Labute approximate surface area is 122 Å². The van der Waals surface area contributed by atoms with Crippen molar-refractivity contribution in [1.82, 2.24) is 4.90 Å². The van der Waals surface area contributed by atoms with Gasteiger partial charge in [0.15, 0.2) is 0 Å². The van der Waals surface area contributed by atoms with Crippen molar-refractivity contribution in [2.45, 2.75) is 51.6 Å². The lowest BCUT2D eigenvalue weighted by Gasteiger charge is -2.32. The van der Waals surface area contributed by atoms with Gasteiger partial charge in [-0.25, -0.2) is 0 Å². The molecule has 0 aromatic heterocycles. The topological polar surface area (TPSA) is 64.8 Å². The SMILES string of the molecule is CCOC(=O)C(C)(N)CCN(CCOC)C(C)C1CC1. The van der Waals surface area contributed by atoms with Gasteiger partial charge in [-0.3, -0.25) is 9.69 Å². The molecule has 0 heterocycles. The predicted molar refractivity (Wildman–Crippen MR) is 79.5 cm³/mol. The maximum Gasteiger partial charge on any atom is 0.325 e. The smallest absolute Gasteiger partial charge is 0.325 e. The standard InChI is InChI=1S/C15H30N2O3/c1-5-20-14(18)15(3,16)8-9-17(10-11-19-4)12(2)13-6-7-13/h12-13H,5-11,16H2,1-4H3. The molecule has 0 spiro atoms. The van der Waals surface area contributed by atoms with Crippen LogP contribution in [0, 0.1) is 5.92 Å². The molecule has 2 unspecified atom stereocenters. The molecular weight excluding hydrogens is 256 g/mol. The van der Waals surface area contributed by atoms with Crippen molar-refractivity contribution < 1.29 is 14.3 Å². The fourth-order valence-electron chi connectivity index (χ4n) is 2.38. The second-order valence-corrected chi connectivity index (χ2v) is 5.99. The number of nitrogens with zero attached hydrogens (tertiary/aromatic N) is 1. The van der Waals surface area contributed by atoms with Gasteiger partial charge in [0.2, 0.25) is 0 Å². The highest BCUT2D eigenvalue weighted by Gasteiger charge is 2.34. The largest absolute Gasteiger partial charge is 0.465 e. The Kier molecular flexibility index (Phi) is 6.92. The van der Waals surface area contributed by atoms with Crippen LogP contribution in [0.15, 0.2) is 0 Å². The van der Waals surface area contributed by atoms with Crippen molar-refractivity contribution >= 4 is 5.97 Å². The van der Waals surface area contributed by atoms with E-state index in [0.717, 1.165) is 19.0 Å². The molecule has 20 heavy (non-hydrogen) atoms. The Morgan fingerprint density at radius 3 is 2.60 bits per heavy atom. The summed E-state index contributed by atoms with van der Waals surface area (Å²) in [7, 11) is 1.71. The molecule has 2 atom stereocenters. The molecule has 2 N–H and O–H groups in total. The number of esters is 1. The molecule has 1 saturated carbocycles. The van der Waals surface area contributed by atoms with Crippen molar-refractivity contribution in [3.63, 3.8) is 0 Å². The second-order valence-electron chi connectivity index (χ2n) is 5.99. The Balaban J connectivity index is 2.49. The molecule has 0 aromatic rings. The van der Waals surface area contributed by atoms with E-state index in [1.807, 2.05) is 0 Å². The molecule has 5 nitrogen and oxygen atoms in total. The van der Waals surface area contributed by atoms with Gasteiger partial charge in [0.25, 0.3) is 0 Å². The predicted octanol–water partition coefficient (Wildman–Crippen LogP) is 1.40. The first-order valence-corrected chi connectivity index (χ1v) is 7.61. The van der Waals surface area contributed by atoms with E-state index >= 15 is 0 Å². The van der Waals surface area contributed by atoms with E-state index in [-0.39, 0.29) is 5.97 Å². The average Bonchev–Trinajstić information content (AvgIpc) is 3.22. The fraction of sp³-hybridized carbons (Fsp3) is 0.933. The molecule has 5 heteroatoms. The van der Waals surface area contributed by atoms with E-state index in [2.05, 4.69) is 11.8 Å². The molecule has 1 fully saturated rings. The zero-order valence-electron chi connectivity index (χ0n) is 13.4. The molecule has 118 valence electrons. The Hall–Kier alpha value is -0.650. The van der Waals surface area contributed by atoms with E-state index in [4.69, 9.17) is 15.2 Å². The van der Waals surface area contributed by atoms with Crippen LogP contribution in [0.4, 0.5) is 0 Å². The number of rotatable bonds is 10. The van der Waals surface area contributed by atoms with Crippen LogP contribution in [0.25, 0.3) is 0 Å². The average molecular weight is 286 g/mol. The third-order valence-electron chi connectivity index (χ3n) is 4.12. The highest BCUT2D eigenvalue weighted by Crippen LogP contribution is 2.35. The first kappa shape index (κ1) is 17.4. The third-order valence-corrected chi connectivity index (χ3v) is 4.12. The normalized spacial score (nSPS) is 19.7. The summed E-state index contributed by atoms with van der Waals surface area (Å²) < 4.78 is 10.2. The molecule has 0 saturated heterocycles. The van der Waals surface area contributed by atoms with Crippen LogP contribution in [0.5, 0.6) is 0 Å². The molecule has 1 rings (SSSR count). The van der Waals surface area contributed by atoms with Gasteiger partial charge < -0.3 is 15.2 Å². The summed E-state index contributed by atoms with van der Waals surface area (Å²) in [6.07, 6.45) is 3.22. The summed E-state index contributed by atoms with van der Waals surface area (Å²) in [4.78, 5) is 14.2. The first-order chi connectivity index (χ1) is 9.42. The van der Waals surface area contributed by atoms with Gasteiger partial charge >= 0.3 is 5.97 Å². The molecular formula is C15H30N2O3. The Bertz CT molecular complexity index is 303. The lowest BCUT2D eigenvalue weighted by molar-refractivity contribution is -0.149. The summed E-state index contributed by atoms with van der Waals surface area (Å²) in [5.74, 6) is 0.476. The third kappa shape index (κ3) is 5.38. The zero-order valence-corrected chi connectivity index (χ0v) is 13.4. The molecule has 1 aliphatic carbocycles. The zero-order chi connectivity index (χ0) is 15.2. The van der Waals surface area contributed by atoms with Crippen LogP contribution < -0.4 is 5.73 Å². The summed E-state index contributed by atoms with van der Waals surface area (Å²) in [6.45, 7) is 8.57. The van der Waals surface area contributed by atoms with E-state index < -0.39 is 5.54 Å². The number of ether oxygens (including phenoxy) is 2. The molecule has 0 aromatic carbocycles. The maximum absolute atomic E-state index is 11.8. The van der Waals surface area contributed by atoms with E-state index in [1.165, 1.54) is 12.8 Å². The number of carbonyl (C=O) groups is 1. The highest BCUT2D eigenvalue weighted by atomic mass is 16.5. The number of hydrogen-bond donors (Lipinski definition) is 1. The van der Waals surface area contributed by atoms with E-state index in [9.17, 15) is 4.79 Å². The minimum absolute atomic E-state index is 0.314. The minimum atomic E-state index is -0.912. The van der Waals surface area contributed by atoms with Crippen LogP contribution in [0.2, 0.25) is 0 Å². The van der Waals surface area contributed by atoms with Gasteiger partial charge in [-0.1, -0.05) is 0 Å². The van der Waals surface area contributed by atoms with Crippen LogP contribution >= 0.6 is 0 Å². The second kappa shape index (κ2) is 7.96. The molecule has 1 aliphatic rings. The minimum Gasteiger partial charge on any atom is -0.465 e. The van der Waals surface area contributed by atoms with E-state index in [0.29, 0.717) is 25.7 Å². The lowest BCUT2D eigenvalue weighted by Crippen LogP contribution is -2.50. The first-order valence-electron chi connectivity index (χ1n) is 7.61.